The van der Waals surface area contributed by atoms with Crippen LogP contribution in [0.25, 0.3) is 0 Å². The number of alkyl halides is 2. The molecule has 0 aromatic heterocycles. The average Bonchev–Trinajstić information content (AvgIpc) is 2.64. The molecule has 154 valence electrons. The fourth-order valence-corrected chi connectivity index (χ4v) is 4.18. The SMILES string of the molecule is CCN(CC)S(=O)(=O)c1cc(C(=O)N(CCOC)CC(F)F)ccc1OC. The predicted molar refractivity (Wildman–Crippen MR) is 96.9 cm³/mol. The lowest BCUT2D eigenvalue weighted by Crippen LogP contribution is -2.37. The Balaban J connectivity index is 3.35. The molecule has 0 unspecified atom stereocenters. The number of amides is 1. The topological polar surface area (TPSA) is 76.2 Å². The molecule has 0 saturated carbocycles. The summed E-state index contributed by atoms with van der Waals surface area (Å²) in [5.41, 5.74) is -0.0155. The number of benzene rings is 1. The molecule has 1 aromatic rings. The van der Waals surface area contributed by atoms with Gasteiger partial charge in [0.1, 0.15) is 10.6 Å². The summed E-state index contributed by atoms with van der Waals surface area (Å²) in [6.07, 6.45) is -2.72. The average molecular weight is 408 g/mol. The van der Waals surface area contributed by atoms with Crippen molar-refractivity contribution in [2.45, 2.75) is 25.2 Å². The fraction of sp³-hybridized carbons (Fsp3) is 0.588. The molecule has 0 spiro atoms. The standard InChI is InChI=1S/C17H26F2N2O5S/c1-5-21(6-2)27(23,24)15-11-13(7-8-14(15)26-4)17(22)20(9-10-25-3)12-16(18)19/h7-8,11,16H,5-6,9-10,12H2,1-4H3. The van der Waals surface area contributed by atoms with Gasteiger partial charge in [-0.2, -0.15) is 4.31 Å². The van der Waals surface area contributed by atoms with E-state index in [1.54, 1.807) is 13.8 Å². The molecule has 1 rings (SSSR count). The van der Waals surface area contributed by atoms with E-state index in [2.05, 4.69) is 0 Å². The van der Waals surface area contributed by atoms with Crippen molar-refractivity contribution in [2.75, 3.05) is 47.0 Å². The van der Waals surface area contributed by atoms with Crippen molar-refractivity contribution in [2.24, 2.45) is 0 Å². The summed E-state index contributed by atoms with van der Waals surface area (Å²) in [4.78, 5) is 13.4. The van der Waals surface area contributed by atoms with E-state index in [0.717, 1.165) is 4.90 Å². The summed E-state index contributed by atoms with van der Waals surface area (Å²) in [5, 5.41) is 0. The first kappa shape index (κ1) is 23.3. The highest BCUT2D eigenvalue weighted by Gasteiger charge is 2.28. The summed E-state index contributed by atoms with van der Waals surface area (Å²) < 4.78 is 62.5. The van der Waals surface area contributed by atoms with Gasteiger partial charge in [0.15, 0.2) is 0 Å². The van der Waals surface area contributed by atoms with Gasteiger partial charge in [0, 0.05) is 32.3 Å². The smallest absolute Gasteiger partial charge is 0.255 e. The van der Waals surface area contributed by atoms with Crippen LogP contribution in [0.5, 0.6) is 5.75 Å². The van der Waals surface area contributed by atoms with Crippen LogP contribution in [0.15, 0.2) is 23.1 Å². The molecule has 0 aliphatic carbocycles. The summed E-state index contributed by atoms with van der Waals surface area (Å²) in [7, 11) is -1.19. The number of hydrogen-bond acceptors (Lipinski definition) is 5. The van der Waals surface area contributed by atoms with Gasteiger partial charge in [0.05, 0.1) is 20.3 Å². The number of halogens is 2. The molecule has 0 saturated heterocycles. The number of carbonyl (C=O) groups is 1. The number of sulfonamides is 1. The second-order valence-electron chi connectivity index (χ2n) is 5.59. The van der Waals surface area contributed by atoms with Crippen LogP contribution in [0.4, 0.5) is 8.78 Å². The number of ether oxygens (including phenoxy) is 2. The van der Waals surface area contributed by atoms with Crippen molar-refractivity contribution >= 4 is 15.9 Å². The van der Waals surface area contributed by atoms with Crippen molar-refractivity contribution in [3.05, 3.63) is 23.8 Å². The molecular weight excluding hydrogens is 382 g/mol. The molecule has 0 heterocycles. The van der Waals surface area contributed by atoms with Gasteiger partial charge in [-0.1, -0.05) is 13.8 Å². The summed E-state index contributed by atoms with van der Waals surface area (Å²) >= 11 is 0. The predicted octanol–water partition coefficient (Wildman–Crippen LogP) is 2.08. The molecule has 1 aromatic carbocycles. The number of nitrogens with zero attached hydrogens (tertiary/aromatic N) is 2. The van der Waals surface area contributed by atoms with Crippen LogP contribution in [0, 0.1) is 0 Å². The molecule has 10 heteroatoms. The zero-order valence-electron chi connectivity index (χ0n) is 15.9. The Bertz CT molecular complexity index is 724. The van der Waals surface area contributed by atoms with Crippen molar-refractivity contribution in [3.8, 4) is 5.75 Å². The molecule has 0 fully saturated rings. The highest BCUT2D eigenvalue weighted by molar-refractivity contribution is 7.89. The molecule has 0 aliphatic rings. The Kier molecular flexibility index (Phi) is 9.07. The molecule has 0 atom stereocenters. The fourth-order valence-electron chi connectivity index (χ4n) is 2.54. The number of carbonyl (C=O) groups excluding carboxylic acids is 1. The lowest BCUT2D eigenvalue weighted by Gasteiger charge is -2.23. The normalized spacial score (nSPS) is 11.9. The van der Waals surface area contributed by atoms with Gasteiger partial charge >= 0.3 is 0 Å². The zero-order chi connectivity index (χ0) is 20.6. The van der Waals surface area contributed by atoms with Crippen LogP contribution in [-0.4, -0.2) is 77.0 Å². The number of hydrogen-bond donors (Lipinski definition) is 0. The minimum Gasteiger partial charge on any atom is -0.495 e. The van der Waals surface area contributed by atoms with Crippen molar-refractivity contribution < 1.29 is 31.5 Å². The molecule has 0 aliphatic heterocycles. The molecule has 0 bridgehead atoms. The number of methoxy groups -OCH3 is 2. The van der Waals surface area contributed by atoms with Gasteiger partial charge in [-0.05, 0) is 18.2 Å². The maximum absolute atomic E-state index is 12.8. The lowest BCUT2D eigenvalue weighted by atomic mass is 10.2. The Morgan fingerprint density at radius 1 is 1.19 bits per heavy atom. The van der Waals surface area contributed by atoms with Crippen molar-refractivity contribution in [3.63, 3.8) is 0 Å². The van der Waals surface area contributed by atoms with Crippen LogP contribution in [0.1, 0.15) is 24.2 Å². The van der Waals surface area contributed by atoms with E-state index in [9.17, 15) is 22.0 Å². The first-order valence-electron chi connectivity index (χ1n) is 8.47. The molecule has 7 nitrogen and oxygen atoms in total. The van der Waals surface area contributed by atoms with Gasteiger partial charge in [-0.25, -0.2) is 17.2 Å². The molecule has 0 N–H and O–H groups in total. The van der Waals surface area contributed by atoms with E-state index in [4.69, 9.17) is 9.47 Å². The van der Waals surface area contributed by atoms with E-state index in [1.165, 1.54) is 36.7 Å². The highest BCUT2D eigenvalue weighted by atomic mass is 32.2. The molecule has 1 amide bonds. The van der Waals surface area contributed by atoms with E-state index < -0.39 is 28.9 Å². The Morgan fingerprint density at radius 3 is 2.30 bits per heavy atom. The van der Waals surface area contributed by atoms with Crippen LogP contribution < -0.4 is 4.74 Å². The van der Waals surface area contributed by atoms with Gasteiger partial charge in [0.2, 0.25) is 10.0 Å². The van der Waals surface area contributed by atoms with E-state index >= 15 is 0 Å². The summed E-state index contributed by atoms with van der Waals surface area (Å²) in [6.45, 7) is 3.14. The van der Waals surface area contributed by atoms with Crippen molar-refractivity contribution in [1.82, 2.24) is 9.21 Å². The van der Waals surface area contributed by atoms with Crippen LogP contribution >= 0.6 is 0 Å². The van der Waals surface area contributed by atoms with Gasteiger partial charge < -0.3 is 14.4 Å². The third-order valence-corrected chi connectivity index (χ3v) is 6.02. The molecule has 27 heavy (non-hydrogen) atoms. The summed E-state index contributed by atoms with van der Waals surface area (Å²) in [5.74, 6) is -0.623. The first-order valence-corrected chi connectivity index (χ1v) is 9.91. The zero-order valence-corrected chi connectivity index (χ0v) is 16.8. The van der Waals surface area contributed by atoms with Crippen molar-refractivity contribution in [1.29, 1.82) is 0 Å². The second kappa shape index (κ2) is 10.5. The molecule has 0 radical (unpaired) electrons. The minimum atomic E-state index is -3.90. The van der Waals surface area contributed by atoms with Gasteiger partial charge in [-0.15, -0.1) is 0 Å². The quantitative estimate of drug-likeness (QED) is 0.560. The minimum absolute atomic E-state index is 0.0155. The Hall–Kier alpha value is -1.78. The second-order valence-corrected chi connectivity index (χ2v) is 7.50. The van der Waals surface area contributed by atoms with Gasteiger partial charge in [0.25, 0.3) is 12.3 Å². The Morgan fingerprint density at radius 2 is 1.81 bits per heavy atom. The van der Waals surface area contributed by atoms with Crippen LogP contribution in [0.2, 0.25) is 0 Å². The molecular formula is C17H26F2N2O5S. The van der Waals surface area contributed by atoms with Crippen LogP contribution in [-0.2, 0) is 14.8 Å². The van der Waals surface area contributed by atoms with E-state index in [0.29, 0.717) is 0 Å². The van der Waals surface area contributed by atoms with Crippen LogP contribution in [0.3, 0.4) is 0 Å². The number of rotatable bonds is 11. The summed E-state index contributed by atoms with van der Waals surface area (Å²) in [6, 6.07) is 3.87. The van der Waals surface area contributed by atoms with E-state index in [1.807, 2.05) is 0 Å². The maximum atomic E-state index is 12.8. The van der Waals surface area contributed by atoms with E-state index in [-0.39, 0.29) is 42.4 Å². The third kappa shape index (κ3) is 5.85. The van der Waals surface area contributed by atoms with Gasteiger partial charge in [-0.3, -0.25) is 4.79 Å². The monoisotopic (exact) mass is 408 g/mol. The lowest BCUT2D eigenvalue weighted by molar-refractivity contribution is 0.0478. The third-order valence-electron chi connectivity index (χ3n) is 3.94. The maximum Gasteiger partial charge on any atom is 0.255 e. The first-order chi connectivity index (χ1) is 12.7. The Labute approximate surface area is 158 Å². The highest BCUT2D eigenvalue weighted by Crippen LogP contribution is 2.28. The largest absolute Gasteiger partial charge is 0.495 e.